The number of hydrogen-bond acceptors (Lipinski definition) is 16. The Morgan fingerprint density at radius 2 is 1.15 bits per heavy atom. The first-order valence-electron chi connectivity index (χ1n) is 24.9. The van der Waals surface area contributed by atoms with Crippen molar-refractivity contribution in [1.82, 2.24) is 0 Å². The van der Waals surface area contributed by atoms with Crippen LogP contribution in [0.15, 0.2) is 11.6 Å². The number of allylic oxidation sites excluding steroid dienone is 2. The lowest BCUT2D eigenvalue weighted by Crippen LogP contribution is -2.71. The number of ether oxygens (including phenoxy) is 14. The van der Waals surface area contributed by atoms with Crippen LogP contribution in [0.1, 0.15) is 99.3 Å². The lowest BCUT2D eigenvalue weighted by Gasteiger charge is -2.71. The Bertz CT molecular complexity index is 1790. The summed E-state index contributed by atoms with van der Waals surface area (Å²) in [6.07, 6.45) is 1.79. The summed E-state index contributed by atoms with van der Waals surface area (Å²) in [5, 5.41) is 0. The highest BCUT2D eigenvalue weighted by atomic mass is 16.7. The second-order valence-electron chi connectivity index (χ2n) is 22.8. The molecule has 0 aromatic heterocycles. The van der Waals surface area contributed by atoms with Gasteiger partial charge in [0.15, 0.2) is 6.29 Å². The van der Waals surface area contributed by atoms with Gasteiger partial charge in [0, 0.05) is 64.0 Å². The minimum Gasteiger partial charge on any atom is -0.469 e. The van der Waals surface area contributed by atoms with Crippen LogP contribution >= 0.6 is 0 Å². The molecule has 0 aromatic carbocycles. The molecule has 2 heterocycles. The zero-order valence-corrected chi connectivity index (χ0v) is 44.0. The van der Waals surface area contributed by atoms with Gasteiger partial charge in [0.1, 0.15) is 54.9 Å². The van der Waals surface area contributed by atoms with E-state index in [0.29, 0.717) is 19.3 Å². The van der Waals surface area contributed by atoms with Crippen molar-refractivity contribution in [2.75, 3.05) is 84.3 Å². The largest absolute Gasteiger partial charge is 0.469 e. The van der Waals surface area contributed by atoms with Crippen molar-refractivity contribution in [3.8, 4) is 0 Å². The molecule has 2 aliphatic heterocycles. The van der Waals surface area contributed by atoms with Gasteiger partial charge in [-0.1, -0.05) is 46.3 Å². The van der Waals surface area contributed by atoms with Crippen LogP contribution in [-0.2, 0) is 75.9 Å². The third-order valence-electron chi connectivity index (χ3n) is 19.5. The molecule has 0 amide bonds. The quantitative estimate of drug-likeness (QED) is 0.0958. The first-order valence-corrected chi connectivity index (χ1v) is 24.9. The molecule has 390 valence electrons. The van der Waals surface area contributed by atoms with Crippen LogP contribution in [0.5, 0.6) is 0 Å². The van der Waals surface area contributed by atoms with Crippen LogP contribution < -0.4 is 0 Å². The minimum absolute atomic E-state index is 0.00925. The number of rotatable bonds is 16. The van der Waals surface area contributed by atoms with Gasteiger partial charge in [-0.05, 0) is 104 Å². The molecule has 68 heavy (non-hydrogen) atoms. The summed E-state index contributed by atoms with van der Waals surface area (Å²) in [4.78, 5) is 30.0. The second kappa shape index (κ2) is 20.6. The van der Waals surface area contributed by atoms with E-state index in [1.807, 2.05) is 6.92 Å². The molecule has 2 saturated heterocycles. The lowest BCUT2D eigenvalue weighted by atomic mass is 9.33. The number of methoxy groups -OCH3 is 10. The van der Waals surface area contributed by atoms with Gasteiger partial charge in [0.2, 0.25) is 6.29 Å². The molecule has 6 fully saturated rings. The molecule has 0 bridgehead atoms. The van der Waals surface area contributed by atoms with Gasteiger partial charge in [0.25, 0.3) is 0 Å². The maximum absolute atomic E-state index is 15.3. The maximum atomic E-state index is 15.3. The summed E-state index contributed by atoms with van der Waals surface area (Å²) >= 11 is 0. The zero-order chi connectivity index (χ0) is 49.8. The van der Waals surface area contributed by atoms with E-state index < -0.39 is 84.4 Å². The Morgan fingerprint density at radius 3 is 1.68 bits per heavy atom. The predicted molar refractivity (Wildman–Crippen MR) is 248 cm³/mol. The van der Waals surface area contributed by atoms with E-state index in [1.54, 1.807) is 64.0 Å². The summed E-state index contributed by atoms with van der Waals surface area (Å²) in [7, 11) is 16.0. The third-order valence-corrected chi connectivity index (χ3v) is 19.5. The fourth-order valence-corrected chi connectivity index (χ4v) is 15.8. The summed E-state index contributed by atoms with van der Waals surface area (Å²) in [6.45, 7) is 14.5. The topological polar surface area (TPSA) is 163 Å². The van der Waals surface area contributed by atoms with Gasteiger partial charge in [-0.25, -0.2) is 0 Å². The first kappa shape index (κ1) is 54.0. The lowest BCUT2D eigenvalue weighted by molar-refractivity contribution is -0.348. The fourth-order valence-electron chi connectivity index (χ4n) is 15.8. The Hall–Kier alpha value is -1.80. The highest BCUT2D eigenvalue weighted by Crippen LogP contribution is 2.76. The van der Waals surface area contributed by atoms with Crippen molar-refractivity contribution < 1.29 is 75.9 Å². The van der Waals surface area contributed by atoms with Gasteiger partial charge in [-0.2, -0.15) is 0 Å². The zero-order valence-electron chi connectivity index (χ0n) is 44.0. The Kier molecular flexibility index (Phi) is 16.4. The molecule has 0 radical (unpaired) electrons. The Labute approximate surface area is 406 Å². The van der Waals surface area contributed by atoms with Crippen molar-refractivity contribution in [2.45, 2.75) is 173 Å². The van der Waals surface area contributed by atoms with E-state index in [2.05, 4.69) is 40.7 Å². The summed E-state index contributed by atoms with van der Waals surface area (Å²) < 4.78 is 85.7. The van der Waals surface area contributed by atoms with E-state index in [-0.39, 0.29) is 64.6 Å². The van der Waals surface area contributed by atoms with Gasteiger partial charge in [-0.3, -0.25) is 9.59 Å². The number of carbonyl (C=O) groups excluding carboxylic acids is 2. The molecule has 0 N–H and O–H groups in total. The normalized spacial score (nSPS) is 47.6. The van der Waals surface area contributed by atoms with Gasteiger partial charge < -0.3 is 66.3 Å². The third kappa shape index (κ3) is 8.45. The average Bonchev–Trinajstić information content (AvgIpc) is 3.31. The minimum atomic E-state index is -1.14. The number of hydrogen-bond donors (Lipinski definition) is 0. The highest BCUT2D eigenvalue weighted by molar-refractivity contribution is 5.79. The van der Waals surface area contributed by atoms with Crippen molar-refractivity contribution in [1.29, 1.82) is 0 Å². The van der Waals surface area contributed by atoms with E-state index in [4.69, 9.17) is 66.3 Å². The Morgan fingerprint density at radius 1 is 0.603 bits per heavy atom. The summed E-state index contributed by atoms with van der Waals surface area (Å²) in [5.41, 5.74) is -1.32. The number of fused-ring (bicyclic) bond motifs is 7. The predicted octanol–water partition coefficient (Wildman–Crippen LogP) is 6.33. The average molecular weight is 967 g/mol. The standard InChI is InChI=1S/C52H86O16/c1-47(2)21-23-52(46(54)68-44-41(63-15)39(61-13)37(59-11)33(66-44)28-56-8)24-22-49(4)29(30(52)25-47)17-18-34-48(3)26-31(57-9)42(51(6,45(53)64-16)35(48)19-20-50(34,49)5)67-43-40(62-14)38(60-12)36(58-10)32(65-43)27-55-7/h17,30-44H,18-28H2,1-16H3/t30-,31-,32+,33+,34+,35+,36+,37+,38-,39-,40+,41+,42-,43-,44-,48+,49+,50+,51-,52-/m0/s1. The van der Waals surface area contributed by atoms with E-state index in [9.17, 15) is 4.79 Å². The second-order valence-corrected chi connectivity index (χ2v) is 22.8. The summed E-state index contributed by atoms with van der Waals surface area (Å²) in [5.74, 6) is -0.592. The SMILES string of the molecule is COC[C@H]1O[C@@H](OC(=O)[C@]23CCC(C)(C)C[C@H]2C2=CC[C@@H]4[C@@]5(C)C[C@H](OC)[C@H](O[C@@H]6O[C@H](COC)[C@@H](OC)[C@H](OC)[C@H]6OC)[C@@](C)(C(=O)OC)[C@@H]5CC[C@@]4(C)[C@]2(C)CC3)[C@H](OC)[C@@H](OC)[C@@H]1OC. The molecule has 0 spiro atoms. The van der Waals surface area contributed by atoms with E-state index >= 15 is 4.79 Å². The monoisotopic (exact) mass is 967 g/mol. The molecule has 4 saturated carbocycles. The Balaban J connectivity index is 1.23. The molecule has 16 nitrogen and oxygen atoms in total. The van der Waals surface area contributed by atoms with Gasteiger partial charge >= 0.3 is 11.9 Å². The van der Waals surface area contributed by atoms with Crippen LogP contribution in [0.3, 0.4) is 0 Å². The molecule has 16 heteroatoms. The van der Waals surface area contributed by atoms with Crippen molar-refractivity contribution in [3.63, 3.8) is 0 Å². The van der Waals surface area contributed by atoms with Crippen LogP contribution in [-0.4, -0.2) is 170 Å². The van der Waals surface area contributed by atoms with Crippen LogP contribution in [0.25, 0.3) is 0 Å². The maximum Gasteiger partial charge on any atom is 0.315 e. The van der Waals surface area contributed by atoms with E-state index in [1.165, 1.54) is 12.7 Å². The molecule has 0 unspecified atom stereocenters. The van der Waals surface area contributed by atoms with Crippen LogP contribution in [0, 0.1) is 50.2 Å². The summed E-state index contributed by atoms with van der Waals surface area (Å²) in [6, 6.07) is 0. The smallest absolute Gasteiger partial charge is 0.315 e. The molecule has 5 aliphatic carbocycles. The molecule has 0 aromatic rings. The van der Waals surface area contributed by atoms with E-state index in [0.717, 1.165) is 38.5 Å². The molecule has 7 aliphatic rings. The van der Waals surface area contributed by atoms with Crippen molar-refractivity contribution in [2.24, 2.45) is 50.2 Å². The molecular weight excluding hydrogens is 881 g/mol. The van der Waals surface area contributed by atoms with Crippen LogP contribution in [0.2, 0.25) is 0 Å². The van der Waals surface area contributed by atoms with Crippen molar-refractivity contribution in [3.05, 3.63) is 11.6 Å². The highest BCUT2D eigenvalue weighted by Gasteiger charge is 2.73. The number of esters is 2. The molecular formula is C52H86O16. The first-order chi connectivity index (χ1) is 32.3. The van der Waals surface area contributed by atoms with Crippen molar-refractivity contribution >= 4 is 11.9 Å². The van der Waals surface area contributed by atoms with Crippen LogP contribution in [0.4, 0.5) is 0 Å². The van der Waals surface area contributed by atoms with Gasteiger partial charge in [-0.15, -0.1) is 0 Å². The molecule has 7 rings (SSSR count). The molecule has 20 atom stereocenters. The van der Waals surface area contributed by atoms with Gasteiger partial charge in [0.05, 0.1) is 37.3 Å². The number of carbonyl (C=O) groups is 2. The fraction of sp³-hybridized carbons (Fsp3) is 0.923.